The van der Waals surface area contributed by atoms with E-state index in [4.69, 9.17) is 4.74 Å². The maximum atomic E-state index is 11.9. The molecule has 1 fully saturated rings. The summed E-state index contributed by atoms with van der Waals surface area (Å²) >= 11 is 3.93. The van der Waals surface area contributed by atoms with Gasteiger partial charge in [-0.15, -0.1) is 0 Å². The average Bonchev–Trinajstić information content (AvgIpc) is 2.93. The van der Waals surface area contributed by atoms with E-state index in [0.717, 1.165) is 6.42 Å². The van der Waals surface area contributed by atoms with Crippen LogP contribution in [0.4, 0.5) is 0 Å². The van der Waals surface area contributed by atoms with Gasteiger partial charge in [-0.2, -0.15) is 0 Å². The zero-order valence-corrected chi connectivity index (χ0v) is 16.9. The summed E-state index contributed by atoms with van der Waals surface area (Å²) in [6, 6.07) is 21.1. The van der Waals surface area contributed by atoms with E-state index < -0.39 is 0 Å². The van der Waals surface area contributed by atoms with Crippen LogP contribution in [0.1, 0.15) is 38.3 Å². The van der Waals surface area contributed by atoms with Gasteiger partial charge in [0.1, 0.15) is 6.10 Å². The lowest BCUT2D eigenvalue weighted by Crippen LogP contribution is -2.38. The first-order valence-electron chi connectivity index (χ1n) is 9.06. The number of carbonyl (C=O) groups is 1. The normalized spacial score (nSPS) is 32.8. The highest BCUT2D eigenvalue weighted by Crippen LogP contribution is 2.71. The van der Waals surface area contributed by atoms with E-state index in [-0.39, 0.29) is 27.7 Å². The second-order valence-corrected chi connectivity index (χ2v) is 8.95. The number of fused-ring (bicyclic) bond motifs is 2. The highest BCUT2D eigenvalue weighted by molar-refractivity contribution is 9.09. The van der Waals surface area contributed by atoms with Crippen molar-refractivity contribution in [2.75, 3.05) is 0 Å². The topological polar surface area (TPSA) is 26.3 Å². The van der Waals surface area contributed by atoms with Crippen LogP contribution in [-0.4, -0.2) is 16.9 Å². The van der Waals surface area contributed by atoms with Crippen molar-refractivity contribution in [3.05, 3.63) is 71.8 Å². The Hall–Kier alpha value is -1.87. The Bertz CT molecular complexity index is 874. The lowest BCUT2D eigenvalue weighted by molar-refractivity contribution is -0.152. The maximum Gasteiger partial charge on any atom is 0.302 e. The van der Waals surface area contributed by atoms with Crippen molar-refractivity contribution in [3.63, 3.8) is 0 Å². The minimum atomic E-state index is -0.271. The Morgan fingerprint density at radius 3 is 1.96 bits per heavy atom. The molecular formula is C23H23BrO2. The van der Waals surface area contributed by atoms with Crippen molar-refractivity contribution < 1.29 is 9.53 Å². The molecule has 1 saturated carbocycles. The molecule has 4 atom stereocenters. The minimum absolute atomic E-state index is 0.178. The number of rotatable bonds is 3. The number of halogens is 1. The number of esters is 1. The first-order chi connectivity index (χ1) is 12.4. The van der Waals surface area contributed by atoms with Crippen LogP contribution < -0.4 is 0 Å². The molecule has 4 rings (SSSR count). The van der Waals surface area contributed by atoms with E-state index in [1.165, 1.54) is 29.2 Å². The summed E-state index contributed by atoms with van der Waals surface area (Å²) in [6.45, 7) is 6.00. The first-order valence-corrected chi connectivity index (χ1v) is 9.98. The predicted molar refractivity (Wildman–Crippen MR) is 109 cm³/mol. The SMILES string of the molecule is CC(=O)O[C@H]1[C@@]2(C)C(c3ccccc3)=C(c3ccccc3)[C@]1(C)C[C@@H]2Br. The van der Waals surface area contributed by atoms with E-state index in [9.17, 15) is 4.79 Å². The Labute approximate surface area is 163 Å². The van der Waals surface area contributed by atoms with E-state index in [0.29, 0.717) is 0 Å². The molecule has 0 aromatic heterocycles. The van der Waals surface area contributed by atoms with E-state index in [1.54, 1.807) is 0 Å². The Balaban J connectivity index is 2.02. The number of carbonyl (C=O) groups excluding carboxylic acids is 1. The van der Waals surface area contributed by atoms with Crippen LogP contribution in [0.25, 0.3) is 11.1 Å². The standard InChI is InChI=1S/C23H23BrO2/c1-15(25)26-21-22(2)14-18(24)23(21,3)20(17-12-8-5-9-13-17)19(22)16-10-6-4-7-11-16/h4-13,18,21H,14H2,1-3H3/t18-,21+,22-,23+/m0/s1. The second kappa shape index (κ2) is 6.09. The summed E-state index contributed by atoms with van der Waals surface area (Å²) in [5, 5.41) is 0. The average molecular weight is 411 g/mol. The van der Waals surface area contributed by atoms with Gasteiger partial charge in [0.15, 0.2) is 0 Å². The molecule has 0 unspecified atom stereocenters. The molecule has 0 radical (unpaired) electrons. The van der Waals surface area contributed by atoms with Gasteiger partial charge in [-0.3, -0.25) is 4.79 Å². The third-order valence-electron chi connectivity index (χ3n) is 6.15. The third-order valence-corrected chi connectivity index (χ3v) is 7.42. The number of ether oxygens (including phenoxy) is 1. The molecule has 134 valence electrons. The molecule has 0 N–H and O–H groups in total. The third kappa shape index (κ3) is 2.33. The molecule has 2 aliphatic rings. The number of hydrogen-bond acceptors (Lipinski definition) is 2. The predicted octanol–water partition coefficient (Wildman–Crippen LogP) is 5.72. The molecular weight excluding hydrogens is 388 g/mol. The molecule has 2 aromatic rings. The molecule has 26 heavy (non-hydrogen) atoms. The highest BCUT2D eigenvalue weighted by atomic mass is 79.9. The van der Waals surface area contributed by atoms with Gasteiger partial charge in [-0.1, -0.05) is 90.4 Å². The number of benzene rings is 2. The lowest BCUT2D eigenvalue weighted by Gasteiger charge is -2.34. The molecule has 0 saturated heterocycles. The fourth-order valence-electron chi connectivity index (χ4n) is 5.15. The summed E-state index contributed by atoms with van der Waals surface area (Å²) < 4.78 is 5.97. The van der Waals surface area contributed by atoms with Crippen LogP contribution in [0.15, 0.2) is 60.7 Å². The van der Waals surface area contributed by atoms with Gasteiger partial charge in [0.2, 0.25) is 0 Å². The Kier molecular flexibility index (Phi) is 4.11. The van der Waals surface area contributed by atoms with Crippen molar-refractivity contribution >= 4 is 33.0 Å². The summed E-state index contributed by atoms with van der Waals surface area (Å²) in [7, 11) is 0. The lowest BCUT2D eigenvalue weighted by atomic mass is 9.73. The Morgan fingerprint density at radius 2 is 1.46 bits per heavy atom. The zero-order chi connectivity index (χ0) is 18.5. The molecule has 3 heteroatoms. The van der Waals surface area contributed by atoms with Gasteiger partial charge in [0.25, 0.3) is 0 Å². The molecule has 2 bridgehead atoms. The number of hydrogen-bond donors (Lipinski definition) is 0. The quantitative estimate of drug-likeness (QED) is 0.477. The minimum Gasteiger partial charge on any atom is -0.461 e. The van der Waals surface area contributed by atoms with Crippen LogP contribution in [0.3, 0.4) is 0 Å². The molecule has 0 heterocycles. The molecule has 2 nitrogen and oxygen atoms in total. The van der Waals surface area contributed by atoms with Crippen LogP contribution in [0.5, 0.6) is 0 Å². The fraction of sp³-hybridized carbons (Fsp3) is 0.348. The van der Waals surface area contributed by atoms with Gasteiger partial charge in [-0.25, -0.2) is 0 Å². The van der Waals surface area contributed by atoms with Crippen LogP contribution in [0, 0.1) is 10.8 Å². The first kappa shape index (κ1) is 17.5. The van der Waals surface area contributed by atoms with Crippen LogP contribution in [-0.2, 0) is 9.53 Å². The van der Waals surface area contributed by atoms with Crippen LogP contribution in [0.2, 0.25) is 0 Å². The zero-order valence-electron chi connectivity index (χ0n) is 15.3. The Morgan fingerprint density at radius 1 is 0.962 bits per heavy atom. The summed E-state index contributed by atoms with van der Waals surface area (Å²) in [5.74, 6) is -0.212. The smallest absolute Gasteiger partial charge is 0.302 e. The summed E-state index contributed by atoms with van der Waals surface area (Å²) in [6.07, 6.45) is 0.768. The van der Waals surface area contributed by atoms with Gasteiger partial charge in [0.05, 0.1) is 0 Å². The molecule has 0 amide bonds. The maximum absolute atomic E-state index is 11.9. The highest BCUT2D eigenvalue weighted by Gasteiger charge is 2.68. The summed E-state index contributed by atoms with van der Waals surface area (Å²) in [5.41, 5.74) is 4.54. The molecule has 0 aliphatic heterocycles. The van der Waals surface area contributed by atoms with Gasteiger partial charge < -0.3 is 4.74 Å². The van der Waals surface area contributed by atoms with Crippen molar-refractivity contribution in [2.24, 2.45) is 10.8 Å². The van der Waals surface area contributed by atoms with Crippen molar-refractivity contribution in [3.8, 4) is 0 Å². The van der Waals surface area contributed by atoms with Gasteiger partial charge in [0, 0.05) is 22.6 Å². The van der Waals surface area contributed by atoms with E-state index in [2.05, 4.69) is 78.3 Å². The molecule has 0 spiro atoms. The second-order valence-electron chi connectivity index (χ2n) is 7.84. The van der Waals surface area contributed by atoms with E-state index in [1.807, 2.05) is 12.1 Å². The molecule has 2 aliphatic carbocycles. The number of alkyl halides is 1. The van der Waals surface area contributed by atoms with Gasteiger partial charge in [-0.05, 0) is 28.7 Å². The van der Waals surface area contributed by atoms with Crippen molar-refractivity contribution in [1.29, 1.82) is 0 Å². The van der Waals surface area contributed by atoms with Crippen LogP contribution >= 0.6 is 15.9 Å². The largest absolute Gasteiger partial charge is 0.461 e. The van der Waals surface area contributed by atoms with Crippen molar-refractivity contribution in [2.45, 2.75) is 38.1 Å². The fourth-order valence-corrected chi connectivity index (χ4v) is 6.29. The van der Waals surface area contributed by atoms with E-state index >= 15 is 0 Å². The monoisotopic (exact) mass is 410 g/mol. The summed E-state index contributed by atoms with van der Waals surface area (Å²) in [4.78, 5) is 12.2. The molecule has 2 aromatic carbocycles. The van der Waals surface area contributed by atoms with Crippen molar-refractivity contribution in [1.82, 2.24) is 0 Å². The van der Waals surface area contributed by atoms with Gasteiger partial charge >= 0.3 is 5.97 Å².